The minimum absolute atomic E-state index is 0.266. The Balaban J connectivity index is 1.69. The summed E-state index contributed by atoms with van der Waals surface area (Å²) in [6, 6.07) is 0.737. The molecule has 3 aliphatic rings. The Kier molecular flexibility index (Phi) is 3.18. The highest BCUT2D eigenvalue weighted by Crippen LogP contribution is 2.37. The van der Waals surface area contributed by atoms with Crippen LogP contribution in [0.5, 0.6) is 0 Å². The number of nitrogens with zero attached hydrogens (tertiary/aromatic N) is 1. The van der Waals surface area contributed by atoms with Crippen molar-refractivity contribution in [3.05, 3.63) is 0 Å². The standard InChI is InChI=1S/C14H27N3/c1-11-2-3-13(8-11)16-14(10-15)5-7-17-6-4-12(14)9-17/h11-13,16H,2-10,15H2,1H3. The molecule has 3 nitrogen and oxygen atoms in total. The first-order valence-corrected chi connectivity index (χ1v) is 7.42. The number of nitrogens with two attached hydrogens (primary N) is 1. The second-order valence-electron chi connectivity index (χ2n) is 6.66. The fourth-order valence-electron chi connectivity index (χ4n) is 4.31. The summed E-state index contributed by atoms with van der Waals surface area (Å²) in [5.41, 5.74) is 6.42. The molecule has 2 saturated heterocycles. The van der Waals surface area contributed by atoms with E-state index in [0.29, 0.717) is 0 Å². The monoisotopic (exact) mass is 237 g/mol. The van der Waals surface area contributed by atoms with Crippen molar-refractivity contribution in [1.29, 1.82) is 0 Å². The van der Waals surface area contributed by atoms with Crippen LogP contribution < -0.4 is 11.1 Å². The van der Waals surface area contributed by atoms with Gasteiger partial charge in [-0.15, -0.1) is 0 Å². The third-order valence-corrected chi connectivity index (χ3v) is 5.48. The maximum absolute atomic E-state index is 6.15. The fraction of sp³-hybridized carbons (Fsp3) is 1.00. The lowest BCUT2D eigenvalue weighted by atomic mass is 9.78. The molecule has 0 amide bonds. The lowest BCUT2D eigenvalue weighted by molar-refractivity contribution is 0.123. The van der Waals surface area contributed by atoms with Gasteiger partial charge in [-0.3, -0.25) is 0 Å². The number of rotatable bonds is 3. The molecule has 3 rings (SSSR count). The molecule has 98 valence electrons. The van der Waals surface area contributed by atoms with Crippen LogP contribution >= 0.6 is 0 Å². The van der Waals surface area contributed by atoms with Gasteiger partial charge in [0, 0.05) is 24.7 Å². The summed E-state index contributed by atoms with van der Waals surface area (Å²) in [7, 11) is 0. The van der Waals surface area contributed by atoms with Gasteiger partial charge in [0.2, 0.25) is 0 Å². The average Bonchev–Trinajstić information content (AvgIpc) is 2.91. The number of hydrogen-bond acceptors (Lipinski definition) is 3. The van der Waals surface area contributed by atoms with Gasteiger partial charge in [-0.2, -0.15) is 0 Å². The molecule has 2 bridgehead atoms. The van der Waals surface area contributed by atoms with Gasteiger partial charge in [-0.05, 0) is 57.0 Å². The Morgan fingerprint density at radius 1 is 1.29 bits per heavy atom. The minimum Gasteiger partial charge on any atom is -0.329 e. The molecule has 17 heavy (non-hydrogen) atoms. The third kappa shape index (κ3) is 2.13. The van der Waals surface area contributed by atoms with Crippen molar-refractivity contribution in [2.75, 3.05) is 26.2 Å². The zero-order valence-corrected chi connectivity index (χ0v) is 11.1. The van der Waals surface area contributed by atoms with Crippen molar-refractivity contribution < 1.29 is 0 Å². The Morgan fingerprint density at radius 2 is 2.18 bits per heavy atom. The van der Waals surface area contributed by atoms with Crippen molar-refractivity contribution in [1.82, 2.24) is 10.2 Å². The average molecular weight is 237 g/mol. The summed E-state index contributed by atoms with van der Waals surface area (Å²) in [6.45, 7) is 7.05. The van der Waals surface area contributed by atoms with E-state index in [2.05, 4.69) is 17.1 Å². The molecule has 5 unspecified atom stereocenters. The molecule has 5 atom stereocenters. The lowest BCUT2D eigenvalue weighted by Crippen LogP contribution is -2.62. The molecule has 2 heterocycles. The predicted molar refractivity (Wildman–Crippen MR) is 70.9 cm³/mol. The van der Waals surface area contributed by atoms with Crippen LogP contribution in [0.3, 0.4) is 0 Å². The molecule has 3 N–H and O–H groups in total. The molecular formula is C14H27N3. The van der Waals surface area contributed by atoms with E-state index in [9.17, 15) is 0 Å². The van der Waals surface area contributed by atoms with Crippen molar-refractivity contribution in [3.63, 3.8) is 0 Å². The van der Waals surface area contributed by atoms with Crippen LogP contribution in [0.4, 0.5) is 0 Å². The second-order valence-corrected chi connectivity index (χ2v) is 6.66. The van der Waals surface area contributed by atoms with Gasteiger partial charge in [0.1, 0.15) is 0 Å². The van der Waals surface area contributed by atoms with Crippen molar-refractivity contribution in [3.8, 4) is 0 Å². The van der Waals surface area contributed by atoms with Gasteiger partial charge in [0.05, 0.1) is 0 Å². The predicted octanol–water partition coefficient (Wildman–Crippen LogP) is 1.19. The van der Waals surface area contributed by atoms with Gasteiger partial charge in [-0.25, -0.2) is 0 Å². The van der Waals surface area contributed by atoms with Crippen LogP contribution in [0.15, 0.2) is 0 Å². The van der Waals surface area contributed by atoms with E-state index in [1.165, 1.54) is 51.7 Å². The largest absolute Gasteiger partial charge is 0.329 e. The lowest BCUT2D eigenvalue weighted by Gasteiger charge is -2.45. The van der Waals surface area contributed by atoms with Gasteiger partial charge in [0.15, 0.2) is 0 Å². The van der Waals surface area contributed by atoms with E-state index in [1.54, 1.807) is 0 Å². The topological polar surface area (TPSA) is 41.3 Å². The molecule has 0 aromatic carbocycles. The molecule has 3 fully saturated rings. The van der Waals surface area contributed by atoms with Gasteiger partial charge in [-0.1, -0.05) is 6.92 Å². The maximum atomic E-state index is 6.15. The van der Waals surface area contributed by atoms with Gasteiger partial charge >= 0.3 is 0 Å². The first-order valence-electron chi connectivity index (χ1n) is 7.42. The SMILES string of the molecule is CC1CCC(NC2(CN)CCN3CCC2C3)C1. The zero-order valence-electron chi connectivity index (χ0n) is 11.1. The van der Waals surface area contributed by atoms with E-state index < -0.39 is 0 Å². The summed E-state index contributed by atoms with van der Waals surface area (Å²) < 4.78 is 0. The highest BCUT2D eigenvalue weighted by Gasteiger charge is 2.46. The van der Waals surface area contributed by atoms with Crippen molar-refractivity contribution in [2.45, 2.75) is 50.6 Å². The summed E-state index contributed by atoms with van der Waals surface area (Å²) in [5, 5.41) is 3.99. The highest BCUT2D eigenvalue weighted by molar-refractivity contribution is 5.05. The summed E-state index contributed by atoms with van der Waals surface area (Å²) in [6.07, 6.45) is 6.73. The third-order valence-electron chi connectivity index (χ3n) is 5.48. The zero-order chi connectivity index (χ0) is 11.9. The van der Waals surface area contributed by atoms with Crippen LogP contribution in [-0.2, 0) is 0 Å². The second kappa shape index (κ2) is 4.52. The maximum Gasteiger partial charge on any atom is 0.0359 e. The van der Waals surface area contributed by atoms with Crippen molar-refractivity contribution >= 4 is 0 Å². The normalized spacial score (nSPS) is 49.8. The summed E-state index contributed by atoms with van der Waals surface area (Å²) in [4.78, 5) is 2.61. The van der Waals surface area contributed by atoms with Crippen LogP contribution in [0.1, 0.15) is 39.0 Å². The molecule has 0 aromatic rings. The van der Waals surface area contributed by atoms with Crippen LogP contribution in [0, 0.1) is 11.8 Å². The van der Waals surface area contributed by atoms with E-state index in [1.807, 2.05) is 0 Å². The number of hydrogen-bond donors (Lipinski definition) is 2. The summed E-state index contributed by atoms with van der Waals surface area (Å²) >= 11 is 0. The first-order chi connectivity index (χ1) is 8.22. The fourth-order valence-corrected chi connectivity index (χ4v) is 4.31. The van der Waals surface area contributed by atoms with E-state index in [0.717, 1.165) is 24.4 Å². The Bertz CT molecular complexity index is 281. The number of piperidine rings is 1. The van der Waals surface area contributed by atoms with Gasteiger partial charge < -0.3 is 16.0 Å². The number of fused-ring (bicyclic) bond motifs is 2. The minimum atomic E-state index is 0.266. The van der Waals surface area contributed by atoms with E-state index >= 15 is 0 Å². The molecule has 0 spiro atoms. The Morgan fingerprint density at radius 3 is 2.88 bits per heavy atom. The first kappa shape index (κ1) is 11.9. The molecule has 0 aromatic heterocycles. The van der Waals surface area contributed by atoms with Gasteiger partial charge in [0.25, 0.3) is 0 Å². The van der Waals surface area contributed by atoms with E-state index in [4.69, 9.17) is 5.73 Å². The quantitative estimate of drug-likeness (QED) is 0.775. The summed E-state index contributed by atoms with van der Waals surface area (Å²) in [5.74, 6) is 1.71. The van der Waals surface area contributed by atoms with Crippen molar-refractivity contribution in [2.24, 2.45) is 17.6 Å². The molecule has 2 aliphatic heterocycles. The van der Waals surface area contributed by atoms with Crippen LogP contribution in [0.25, 0.3) is 0 Å². The smallest absolute Gasteiger partial charge is 0.0359 e. The molecule has 0 radical (unpaired) electrons. The van der Waals surface area contributed by atoms with E-state index in [-0.39, 0.29) is 5.54 Å². The number of nitrogens with one attached hydrogen (secondary N) is 1. The van der Waals surface area contributed by atoms with Crippen LogP contribution in [-0.4, -0.2) is 42.7 Å². The highest BCUT2D eigenvalue weighted by atomic mass is 15.2. The Labute approximate surface area is 105 Å². The molecule has 1 aliphatic carbocycles. The Hall–Kier alpha value is -0.120. The van der Waals surface area contributed by atoms with Crippen LogP contribution in [0.2, 0.25) is 0 Å². The molecule has 3 heteroatoms. The molecular weight excluding hydrogens is 210 g/mol. The molecule has 1 saturated carbocycles.